The third-order valence-electron chi connectivity index (χ3n) is 3.43. The highest BCUT2D eigenvalue weighted by Gasteiger charge is 2.14. The summed E-state index contributed by atoms with van der Waals surface area (Å²) in [6.07, 6.45) is 0.589. The van der Waals surface area contributed by atoms with Crippen LogP contribution in [0.3, 0.4) is 0 Å². The first-order valence-corrected chi connectivity index (χ1v) is 7.49. The maximum atomic E-state index is 5.75. The second-order valence-electron chi connectivity index (χ2n) is 5.03. The second-order valence-corrected chi connectivity index (χ2v) is 5.03. The Kier molecular flexibility index (Phi) is 4.96. The van der Waals surface area contributed by atoms with Crippen molar-refractivity contribution in [2.45, 2.75) is 13.0 Å². The standard InChI is InChI=1S/C18H18N2O4/c1-21-14-9-6-10-15(22-2)18(14)23-12-17-20-19-16(24-17)11-13-7-4-3-5-8-13/h3-10H,11-12H2,1-2H3. The minimum absolute atomic E-state index is 0.137. The van der Waals surface area contributed by atoms with Crippen LogP contribution in [0.15, 0.2) is 52.9 Å². The van der Waals surface area contributed by atoms with Gasteiger partial charge < -0.3 is 18.6 Å². The minimum atomic E-state index is 0.137. The molecule has 0 saturated heterocycles. The fourth-order valence-corrected chi connectivity index (χ4v) is 2.28. The summed E-state index contributed by atoms with van der Waals surface area (Å²) in [6, 6.07) is 15.4. The number of hydrogen-bond acceptors (Lipinski definition) is 6. The molecular formula is C18H18N2O4. The van der Waals surface area contributed by atoms with Gasteiger partial charge in [-0.1, -0.05) is 36.4 Å². The number of aromatic nitrogens is 2. The van der Waals surface area contributed by atoms with Crippen molar-refractivity contribution in [1.82, 2.24) is 10.2 Å². The molecule has 3 aromatic rings. The fraction of sp³-hybridized carbons (Fsp3) is 0.222. The van der Waals surface area contributed by atoms with Gasteiger partial charge in [-0.15, -0.1) is 10.2 Å². The Morgan fingerprint density at radius 3 is 2.17 bits per heavy atom. The largest absolute Gasteiger partial charge is 0.493 e. The Morgan fingerprint density at radius 1 is 0.833 bits per heavy atom. The van der Waals surface area contributed by atoms with Crippen molar-refractivity contribution >= 4 is 0 Å². The van der Waals surface area contributed by atoms with E-state index in [0.29, 0.717) is 35.5 Å². The van der Waals surface area contributed by atoms with Gasteiger partial charge in [0.1, 0.15) is 0 Å². The fourth-order valence-electron chi connectivity index (χ4n) is 2.28. The van der Waals surface area contributed by atoms with Crippen molar-refractivity contribution in [3.05, 3.63) is 65.9 Å². The first-order chi connectivity index (χ1) is 11.8. The highest BCUT2D eigenvalue weighted by molar-refractivity contribution is 5.51. The second kappa shape index (κ2) is 7.50. The van der Waals surface area contributed by atoms with Crippen molar-refractivity contribution in [3.8, 4) is 17.2 Å². The van der Waals surface area contributed by atoms with E-state index in [1.165, 1.54) is 0 Å². The monoisotopic (exact) mass is 326 g/mol. The molecule has 6 nitrogen and oxygen atoms in total. The lowest BCUT2D eigenvalue weighted by molar-refractivity contribution is 0.235. The third-order valence-corrected chi connectivity index (χ3v) is 3.43. The Hall–Kier alpha value is -3.02. The molecule has 0 radical (unpaired) electrons. The van der Waals surface area contributed by atoms with Crippen molar-refractivity contribution in [2.75, 3.05) is 14.2 Å². The van der Waals surface area contributed by atoms with E-state index in [1.54, 1.807) is 26.4 Å². The van der Waals surface area contributed by atoms with Gasteiger partial charge in [-0.3, -0.25) is 0 Å². The van der Waals surface area contributed by atoms with Crippen molar-refractivity contribution in [1.29, 1.82) is 0 Å². The lowest BCUT2D eigenvalue weighted by atomic mass is 10.2. The van der Waals surface area contributed by atoms with Crippen LogP contribution in [0.25, 0.3) is 0 Å². The summed E-state index contributed by atoms with van der Waals surface area (Å²) < 4.78 is 22.0. The number of rotatable bonds is 7. The van der Waals surface area contributed by atoms with Crippen molar-refractivity contribution in [3.63, 3.8) is 0 Å². The van der Waals surface area contributed by atoms with E-state index in [4.69, 9.17) is 18.6 Å². The molecule has 2 aromatic carbocycles. The van der Waals surface area contributed by atoms with Crippen LogP contribution in [-0.4, -0.2) is 24.4 Å². The molecule has 1 heterocycles. The molecule has 0 bridgehead atoms. The van der Waals surface area contributed by atoms with Gasteiger partial charge in [0.2, 0.25) is 11.6 Å². The smallest absolute Gasteiger partial charge is 0.253 e. The normalized spacial score (nSPS) is 10.4. The quantitative estimate of drug-likeness (QED) is 0.664. The van der Waals surface area contributed by atoms with Crippen molar-refractivity contribution in [2.24, 2.45) is 0 Å². The Morgan fingerprint density at radius 2 is 1.50 bits per heavy atom. The molecule has 0 amide bonds. The van der Waals surface area contributed by atoms with Crippen LogP contribution in [0.5, 0.6) is 17.2 Å². The van der Waals surface area contributed by atoms with Crippen molar-refractivity contribution < 1.29 is 18.6 Å². The molecule has 0 aliphatic heterocycles. The summed E-state index contributed by atoms with van der Waals surface area (Å²) in [7, 11) is 3.15. The molecule has 0 aliphatic rings. The zero-order valence-corrected chi connectivity index (χ0v) is 13.6. The average Bonchev–Trinajstić information content (AvgIpc) is 3.07. The highest BCUT2D eigenvalue weighted by Crippen LogP contribution is 2.37. The number of ether oxygens (including phenoxy) is 3. The van der Waals surface area contributed by atoms with E-state index >= 15 is 0 Å². The number of methoxy groups -OCH3 is 2. The lowest BCUT2D eigenvalue weighted by Gasteiger charge is -2.12. The molecule has 6 heteroatoms. The van der Waals surface area contributed by atoms with E-state index in [-0.39, 0.29) is 6.61 Å². The maximum Gasteiger partial charge on any atom is 0.253 e. The first kappa shape index (κ1) is 15.9. The lowest BCUT2D eigenvalue weighted by Crippen LogP contribution is -2.00. The summed E-state index contributed by atoms with van der Waals surface area (Å²) in [5.41, 5.74) is 1.11. The van der Waals surface area contributed by atoms with Gasteiger partial charge in [0.05, 0.1) is 20.6 Å². The van der Waals surface area contributed by atoms with E-state index in [0.717, 1.165) is 5.56 Å². The highest BCUT2D eigenvalue weighted by atomic mass is 16.5. The number of hydrogen-bond donors (Lipinski definition) is 0. The van der Waals surface area contributed by atoms with Gasteiger partial charge in [-0.05, 0) is 17.7 Å². The van der Waals surface area contributed by atoms with Gasteiger partial charge in [-0.25, -0.2) is 0 Å². The minimum Gasteiger partial charge on any atom is -0.493 e. The molecule has 24 heavy (non-hydrogen) atoms. The number of nitrogens with zero attached hydrogens (tertiary/aromatic N) is 2. The summed E-state index contributed by atoms with van der Waals surface area (Å²) in [6.45, 7) is 0.137. The predicted octanol–water partition coefficient (Wildman–Crippen LogP) is 3.26. The van der Waals surface area contributed by atoms with E-state index in [2.05, 4.69) is 10.2 Å². The first-order valence-electron chi connectivity index (χ1n) is 7.49. The Balaban J connectivity index is 1.68. The third kappa shape index (κ3) is 3.65. The molecule has 0 saturated carbocycles. The van der Waals surface area contributed by atoms with Crippen LogP contribution < -0.4 is 14.2 Å². The molecule has 3 rings (SSSR count). The SMILES string of the molecule is COc1cccc(OC)c1OCc1nnc(Cc2ccccc2)o1. The van der Waals surface area contributed by atoms with Gasteiger partial charge >= 0.3 is 0 Å². The van der Waals surface area contributed by atoms with Crippen LogP contribution in [-0.2, 0) is 13.0 Å². The topological polar surface area (TPSA) is 66.6 Å². The average molecular weight is 326 g/mol. The van der Waals surface area contributed by atoms with Gasteiger partial charge in [0.15, 0.2) is 18.1 Å². The van der Waals surface area contributed by atoms with Crippen LogP contribution in [0, 0.1) is 0 Å². The molecule has 0 aliphatic carbocycles. The Labute approximate surface area is 140 Å². The number of benzene rings is 2. The molecular weight excluding hydrogens is 308 g/mol. The van der Waals surface area contributed by atoms with Crippen LogP contribution >= 0.6 is 0 Å². The summed E-state index contributed by atoms with van der Waals surface area (Å²) in [5, 5.41) is 8.06. The molecule has 1 aromatic heterocycles. The van der Waals surface area contributed by atoms with Crippen LogP contribution in [0.4, 0.5) is 0 Å². The molecule has 0 atom stereocenters. The van der Waals surface area contributed by atoms with E-state index in [9.17, 15) is 0 Å². The van der Waals surface area contributed by atoms with Crippen LogP contribution in [0.1, 0.15) is 17.3 Å². The predicted molar refractivity (Wildman–Crippen MR) is 87.4 cm³/mol. The van der Waals surface area contributed by atoms with Gasteiger partial charge in [0.25, 0.3) is 5.89 Å². The number of para-hydroxylation sites is 1. The van der Waals surface area contributed by atoms with E-state index in [1.807, 2.05) is 36.4 Å². The zero-order chi connectivity index (χ0) is 16.8. The zero-order valence-electron chi connectivity index (χ0n) is 13.6. The molecule has 0 fully saturated rings. The molecule has 0 unspecified atom stereocenters. The van der Waals surface area contributed by atoms with Crippen LogP contribution in [0.2, 0.25) is 0 Å². The molecule has 0 spiro atoms. The Bertz CT molecular complexity index is 764. The van der Waals surface area contributed by atoms with Gasteiger partial charge in [-0.2, -0.15) is 0 Å². The van der Waals surface area contributed by atoms with E-state index < -0.39 is 0 Å². The summed E-state index contributed by atoms with van der Waals surface area (Å²) >= 11 is 0. The molecule has 0 N–H and O–H groups in total. The molecule has 124 valence electrons. The summed E-state index contributed by atoms with van der Waals surface area (Å²) in [4.78, 5) is 0. The maximum absolute atomic E-state index is 5.75. The summed E-state index contributed by atoms with van der Waals surface area (Å²) in [5.74, 6) is 2.61. The van der Waals surface area contributed by atoms with Gasteiger partial charge in [0, 0.05) is 0 Å².